The zero-order valence-corrected chi connectivity index (χ0v) is 22.9. The molecule has 0 radical (unpaired) electrons. The van der Waals surface area contributed by atoms with Crippen LogP contribution >= 0.6 is 11.3 Å². The Morgan fingerprint density at radius 3 is 2.50 bits per heavy atom. The van der Waals surface area contributed by atoms with Gasteiger partial charge in [-0.25, -0.2) is 14.2 Å². The number of nitrogens with zero attached hydrogens (tertiary/aromatic N) is 3. The van der Waals surface area contributed by atoms with Crippen molar-refractivity contribution in [2.45, 2.75) is 19.9 Å². The molecule has 40 heavy (non-hydrogen) atoms. The fourth-order valence-corrected chi connectivity index (χ4v) is 5.66. The van der Waals surface area contributed by atoms with E-state index in [1.54, 1.807) is 61.2 Å². The number of benzene rings is 2. The lowest BCUT2D eigenvalue weighted by Crippen LogP contribution is -2.42. The van der Waals surface area contributed by atoms with Gasteiger partial charge in [-0.2, -0.15) is 0 Å². The number of allylic oxidation sites excluding steroid dienone is 1. The molecule has 11 heteroatoms. The summed E-state index contributed by atoms with van der Waals surface area (Å²) in [5.74, 6) is -0.560. The number of thiazole rings is 1. The standard InChI is InChI=1S/C29H28FN3O6S/c1-3-38-28(36)25-18(2)31-29-33(26(25)20-6-8-21(30)9-7-20)27(35)23(40-29)16-19-4-10-22(11-5-19)39-17-24(34)32-12-14-37-15-13-32/h4-11,16,26H,3,12-15,17H2,1-2H3/b23-16+/t26-/m1/s1. The first kappa shape index (κ1) is 27.5. The minimum Gasteiger partial charge on any atom is -0.484 e. The van der Waals surface area contributed by atoms with E-state index in [1.165, 1.54) is 28.0 Å². The van der Waals surface area contributed by atoms with Crippen molar-refractivity contribution in [2.24, 2.45) is 4.99 Å². The molecule has 0 aliphatic carbocycles. The van der Waals surface area contributed by atoms with Crippen molar-refractivity contribution in [3.63, 3.8) is 0 Å². The Hall–Kier alpha value is -4.09. The predicted molar refractivity (Wildman–Crippen MR) is 146 cm³/mol. The van der Waals surface area contributed by atoms with Gasteiger partial charge in [-0.1, -0.05) is 35.6 Å². The van der Waals surface area contributed by atoms with Gasteiger partial charge in [0, 0.05) is 13.1 Å². The van der Waals surface area contributed by atoms with Crippen molar-refractivity contribution in [3.05, 3.63) is 96.4 Å². The zero-order chi connectivity index (χ0) is 28.2. The van der Waals surface area contributed by atoms with Crippen LogP contribution in [0.4, 0.5) is 4.39 Å². The van der Waals surface area contributed by atoms with Gasteiger partial charge in [-0.15, -0.1) is 0 Å². The number of esters is 1. The Bertz CT molecular complexity index is 1620. The second-order valence-corrected chi connectivity index (χ2v) is 10.2. The van der Waals surface area contributed by atoms with Crippen LogP contribution in [-0.2, 0) is 19.1 Å². The van der Waals surface area contributed by atoms with Gasteiger partial charge in [-0.05, 0) is 55.3 Å². The normalized spacial score (nSPS) is 17.3. The summed E-state index contributed by atoms with van der Waals surface area (Å²) in [5, 5.41) is 0. The highest BCUT2D eigenvalue weighted by Crippen LogP contribution is 2.30. The van der Waals surface area contributed by atoms with Crippen molar-refractivity contribution in [2.75, 3.05) is 39.5 Å². The summed E-state index contributed by atoms with van der Waals surface area (Å²) < 4.78 is 31.8. The van der Waals surface area contributed by atoms with Gasteiger partial charge >= 0.3 is 5.97 Å². The third-order valence-corrected chi connectivity index (χ3v) is 7.59. The summed E-state index contributed by atoms with van der Waals surface area (Å²) in [7, 11) is 0. The Balaban J connectivity index is 1.43. The minimum absolute atomic E-state index is 0.0660. The number of morpholine rings is 1. The molecule has 1 aromatic heterocycles. The van der Waals surface area contributed by atoms with Crippen LogP contribution in [0.5, 0.6) is 5.75 Å². The Kier molecular flexibility index (Phi) is 8.22. The summed E-state index contributed by atoms with van der Waals surface area (Å²) in [6.07, 6.45) is 1.73. The maximum atomic E-state index is 13.7. The first-order valence-corrected chi connectivity index (χ1v) is 13.7. The van der Waals surface area contributed by atoms with Crippen molar-refractivity contribution in [1.29, 1.82) is 0 Å². The van der Waals surface area contributed by atoms with Crippen molar-refractivity contribution in [1.82, 2.24) is 9.47 Å². The molecule has 9 nitrogen and oxygen atoms in total. The molecule has 2 aromatic carbocycles. The quantitative estimate of drug-likeness (QED) is 0.408. The third kappa shape index (κ3) is 5.75. The molecule has 2 aliphatic rings. The van der Waals surface area contributed by atoms with Crippen LogP contribution < -0.4 is 19.6 Å². The highest BCUT2D eigenvalue weighted by atomic mass is 32.1. The van der Waals surface area contributed by atoms with Crippen molar-refractivity contribution < 1.29 is 28.2 Å². The van der Waals surface area contributed by atoms with E-state index in [0.29, 0.717) is 52.6 Å². The summed E-state index contributed by atoms with van der Waals surface area (Å²) in [4.78, 5) is 45.6. The molecule has 0 bridgehead atoms. The minimum atomic E-state index is -0.808. The lowest BCUT2D eigenvalue weighted by atomic mass is 9.96. The molecule has 0 N–H and O–H groups in total. The highest BCUT2D eigenvalue weighted by molar-refractivity contribution is 7.07. The largest absolute Gasteiger partial charge is 0.484 e. The van der Waals surface area contributed by atoms with Crippen molar-refractivity contribution >= 4 is 29.3 Å². The second kappa shape index (κ2) is 12.0. The average molecular weight is 566 g/mol. The maximum absolute atomic E-state index is 13.7. The van der Waals surface area contributed by atoms with Crippen molar-refractivity contribution in [3.8, 4) is 5.75 Å². The molecule has 1 fully saturated rings. The van der Waals surface area contributed by atoms with Crippen LogP contribution in [0.1, 0.15) is 31.0 Å². The van der Waals surface area contributed by atoms with E-state index < -0.39 is 17.8 Å². The van der Waals surface area contributed by atoms with E-state index in [2.05, 4.69) is 4.99 Å². The highest BCUT2D eigenvalue weighted by Gasteiger charge is 2.33. The van der Waals surface area contributed by atoms with Crippen LogP contribution in [0.3, 0.4) is 0 Å². The summed E-state index contributed by atoms with van der Waals surface area (Å²) in [6, 6.07) is 11.9. The molecule has 1 amide bonds. The number of carbonyl (C=O) groups excluding carboxylic acids is 2. The van der Waals surface area contributed by atoms with Gasteiger partial charge in [0.2, 0.25) is 0 Å². The molecule has 0 unspecified atom stereocenters. The number of hydrogen-bond donors (Lipinski definition) is 0. The molecule has 1 saturated heterocycles. The molecule has 0 saturated carbocycles. The molecule has 2 aliphatic heterocycles. The third-order valence-electron chi connectivity index (χ3n) is 6.61. The van der Waals surface area contributed by atoms with E-state index >= 15 is 0 Å². The summed E-state index contributed by atoms with van der Waals surface area (Å²) >= 11 is 1.20. The fraction of sp³-hybridized carbons (Fsp3) is 0.310. The van der Waals surface area contributed by atoms with Gasteiger partial charge in [0.05, 0.1) is 41.7 Å². The lowest BCUT2D eigenvalue weighted by molar-refractivity contribution is -0.139. The van der Waals surface area contributed by atoms with Crippen LogP contribution in [-0.4, -0.2) is 60.9 Å². The van der Waals surface area contributed by atoms with E-state index in [1.807, 2.05) is 0 Å². The Labute approximate surface area is 233 Å². The predicted octanol–water partition coefficient (Wildman–Crippen LogP) is 2.17. The fourth-order valence-electron chi connectivity index (χ4n) is 4.61. The van der Waals surface area contributed by atoms with Crippen LogP contribution in [0.2, 0.25) is 0 Å². The number of carbonyl (C=O) groups is 2. The smallest absolute Gasteiger partial charge is 0.338 e. The number of amides is 1. The molecule has 3 heterocycles. The van der Waals surface area contributed by atoms with Gasteiger partial charge < -0.3 is 19.1 Å². The van der Waals surface area contributed by atoms with Crippen LogP contribution in [0.25, 0.3) is 6.08 Å². The Morgan fingerprint density at radius 2 is 1.82 bits per heavy atom. The molecule has 1 atom stereocenters. The van der Waals surface area contributed by atoms with E-state index in [4.69, 9.17) is 14.2 Å². The summed E-state index contributed by atoms with van der Waals surface area (Å²) in [5.41, 5.74) is 1.66. The first-order valence-electron chi connectivity index (χ1n) is 12.9. The van der Waals surface area contributed by atoms with Gasteiger partial charge in [0.25, 0.3) is 11.5 Å². The number of hydrogen-bond acceptors (Lipinski definition) is 8. The number of halogens is 1. The van der Waals surface area contributed by atoms with Crippen LogP contribution in [0, 0.1) is 5.82 Å². The van der Waals surface area contributed by atoms with E-state index in [-0.39, 0.29) is 30.3 Å². The second-order valence-electron chi connectivity index (χ2n) is 9.20. The molecule has 0 spiro atoms. The molecular formula is C29H28FN3O6S. The molecule has 5 rings (SSSR count). The SMILES string of the molecule is CCOC(=O)C1=C(C)N=c2s/c(=C/c3ccc(OCC(=O)N4CCOCC4)cc3)c(=O)n2[C@@H]1c1ccc(F)cc1. The monoisotopic (exact) mass is 565 g/mol. The van der Waals surface area contributed by atoms with Crippen LogP contribution in [0.15, 0.2) is 69.6 Å². The molecule has 3 aromatic rings. The number of rotatable bonds is 7. The first-order chi connectivity index (χ1) is 19.4. The van der Waals surface area contributed by atoms with E-state index in [0.717, 1.165) is 5.56 Å². The zero-order valence-electron chi connectivity index (χ0n) is 22.1. The van der Waals surface area contributed by atoms with Gasteiger partial charge in [0.15, 0.2) is 11.4 Å². The van der Waals surface area contributed by atoms with Gasteiger partial charge in [0.1, 0.15) is 11.6 Å². The van der Waals surface area contributed by atoms with Gasteiger partial charge in [-0.3, -0.25) is 14.2 Å². The van der Waals surface area contributed by atoms with E-state index in [9.17, 15) is 18.8 Å². The lowest BCUT2D eigenvalue weighted by Gasteiger charge is -2.26. The number of aromatic nitrogens is 1. The molecule has 208 valence electrons. The molecular weight excluding hydrogens is 537 g/mol. The number of fused-ring (bicyclic) bond motifs is 1. The summed E-state index contributed by atoms with van der Waals surface area (Å²) in [6.45, 7) is 5.67. The number of ether oxygens (including phenoxy) is 3. The Morgan fingerprint density at radius 1 is 1.12 bits per heavy atom. The average Bonchev–Trinajstić information content (AvgIpc) is 3.26. The maximum Gasteiger partial charge on any atom is 0.338 e. The topological polar surface area (TPSA) is 99.4 Å².